The Morgan fingerprint density at radius 3 is 2.27 bits per heavy atom. The van der Waals surface area contributed by atoms with E-state index in [1.807, 2.05) is 0 Å². The van der Waals surface area contributed by atoms with Crippen LogP contribution in [0.5, 0.6) is 5.75 Å². The first-order chi connectivity index (χ1) is 4.72. The SMILES string of the molecule is O=[N+]([O-])c1ccccc1O.[KH]. The van der Waals surface area contributed by atoms with Crippen molar-refractivity contribution >= 4 is 57.1 Å². The number of hydrogen-bond donors (Lipinski definition) is 1. The Labute approximate surface area is 106 Å². The Kier molecular flexibility index (Phi) is 4.86. The number of phenols is 1. The summed E-state index contributed by atoms with van der Waals surface area (Å²) in [6, 6.07) is 5.55. The van der Waals surface area contributed by atoms with Crippen LogP contribution in [-0.4, -0.2) is 61.4 Å². The molecule has 1 rings (SSSR count). The van der Waals surface area contributed by atoms with Gasteiger partial charge in [0, 0.05) is 6.07 Å². The van der Waals surface area contributed by atoms with E-state index in [1.54, 1.807) is 0 Å². The van der Waals surface area contributed by atoms with Gasteiger partial charge in [-0.25, -0.2) is 0 Å². The van der Waals surface area contributed by atoms with Crippen LogP contribution in [0.1, 0.15) is 0 Å². The van der Waals surface area contributed by atoms with Crippen LogP contribution in [0.2, 0.25) is 0 Å². The average Bonchev–Trinajstić information content (AvgIpc) is 1.88. The normalized spacial score (nSPS) is 8.36. The van der Waals surface area contributed by atoms with Crippen molar-refractivity contribution in [3.63, 3.8) is 0 Å². The molecule has 5 heteroatoms. The molecule has 11 heavy (non-hydrogen) atoms. The van der Waals surface area contributed by atoms with Crippen molar-refractivity contribution < 1.29 is 10.0 Å². The zero-order chi connectivity index (χ0) is 7.56. The average molecular weight is 179 g/mol. The van der Waals surface area contributed by atoms with E-state index in [2.05, 4.69) is 0 Å². The number of hydrogen-bond acceptors (Lipinski definition) is 3. The van der Waals surface area contributed by atoms with Crippen molar-refractivity contribution in [1.82, 2.24) is 0 Å². The van der Waals surface area contributed by atoms with Crippen LogP contribution in [0.25, 0.3) is 0 Å². The number of rotatable bonds is 1. The molecular formula is C6H6KNO3. The minimum absolute atomic E-state index is 0. The molecule has 0 fully saturated rings. The maximum absolute atomic E-state index is 10.1. The fourth-order valence-electron chi connectivity index (χ4n) is 0.619. The third-order valence-electron chi connectivity index (χ3n) is 1.08. The molecule has 1 N–H and O–H groups in total. The van der Waals surface area contributed by atoms with Gasteiger partial charge in [-0.3, -0.25) is 10.1 Å². The molecule has 0 bridgehead atoms. The Morgan fingerprint density at radius 2 is 1.91 bits per heavy atom. The Balaban J connectivity index is 0.000001000. The number of nitro benzene ring substituents is 1. The number of nitro groups is 1. The molecule has 4 nitrogen and oxygen atoms in total. The van der Waals surface area contributed by atoms with Crippen LogP contribution in [-0.2, 0) is 0 Å². The van der Waals surface area contributed by atoms with Gasteiger partial charge >= 0.3 is 57.1 Å². The fraction of sp³-hybridized carbons (Fsp3) is 0. The number of aromatic hydroxyl groups is 1. The van der Waals surface area contributed by atoms with Crippen LogP contribution in [0.3, 0.4) is 0 Å². The van der Waals surface area contributed by atoms with Gasteiger partial charge in [0.15, 0.2) is 5.75 Å². The zero-order valence-electron chi connectivity index (χ0n) is 5.02. The van der Waals surface area contributed by atoms with Crippen LogP contribution in [0.15, 0.2) is 24.3 Å². The molecule has 1 aromatic rings. The van der Waals surface area contributed by atoms with E-state index >= 15 is 0 Å². The predicted octanol–water partition coefficient (Wildman–Crippen LogP) is 0.652. The molecule has 54 valence electrons. The number of nitrogens with zero attached hydrogens (tertiary/aromatic N) is 1. The van der Waals surface area contributed by atoms with Crippen molar-refractivity contribution in [2.24, 2.45) is 0 Å². The predicted molar refractivity (Wildman–Crippen MR) is 41.9 cm³/mol. The van der Waals surface area contributed by atoms with E-state index in [0.29, 0.717) is 0 Å². The van der Waals surface area contributed by atoms with E-state index in [4.69, 9.17) is 5.11 Å². The van der Waals surface area contributed by atoms with E-state index < -0.39 is 4.92 Å². The maximum atomic E-state index is 10.1. The Bertz CT molecular complexity index is 264. The monoisotopic (exact) mass is 179 g/mol. The standard InChI is InChI=1S/C6H5NO3.K.H/c8-6-4-2-1-3-5(6)7(9)10;;/h1-4,8H;;. The minimum atomic E-state index is -0.630. The second-order valence-electron chi connectivity index (χ2n) is 1.75. The first-order valence-corrected chi connectivity index (χ1v) is 2.64. The second-order valence-corrected chi connectivity index (χ2v) is 1.75. The van der Waals surface area contributed by atoms with Gasteiger partial charge in [-0.1, -0.05) is 12.1 Å². The Hall–Kier alpha value is 0.0564. The molecule has 0 atom stereocenters. The summed E-state index contributed by atoms with van der Waals surface area (Å²) in [6.07, 6.45) is 0. The van der Waals surface area contributed by atoms with Crippen molar-refractivity contribution in [2.45, 2.75) is 0 Å². The molecule has 0 aliphatic carbocycles. The van der Waals surface area contributed by atoms with Crippen molar-refractivity contribution in [1.29, 1.82) is 0 Å². The zero-order valence-corrected chi connectivity index (χ0v) is 5.02. The third kappa shape index (κ3) is 2.88. The topological polar surface area (TPSA) is 63.4 Å². The van der Waals surface area contributed by atoms with Crippen molar-refractivity contribution in [3.8, 4) is 5.75 Å². The van der Waals surface area contributed by atoms with Gasteiger partial charge in [-0.05, 0) is 6.07 Å². The molecule has 0 saturated carbocycles. The van der Waals surface area contributed by atoms with Crippen LogP contribution >= 0.6 is 0 Å². The molecule has 0 aliphatic rings. The van der Waals surface area contributed by atoms with E-state index in [9.17, 15) is 10.1 Å². The van der Waals surface area contributed by atoms with Crippen LogP contribution < -0.4 is 0 Å². The molecule has 0 spiro atoms. The molecular weight excluding hydrogens is 173 g/mol. The van der Waals surface area contributed by atoms with E-state index in [-0.39, 0.29) is 62.8 Å². The van der Waals surface area contributed by atoms with Gasteiger partial charge < -0.3 is 5.11 Å². The third-order valence-corrected chi connectivity index (χ3v) is 1.08. The first-order valence-electron chi connectivity index (χ1n) is 2.64. The Morgan fingerprint density at radius 1 is 1.36 bits per heavy atom. The fourth-order valence-corrected chi connectivity index (χ4v) is 0.619. The van der Waals surface area contributed by atoms with Gasteiger partial charge in [0.1, 0.15) is 0 Å². The molecule has 0 heterocycles. The second kappa shape index (κ2) is 4.84. The molecule has 0 radical (unpaired) electrons. The summed E-state index contributed by atoms with van der Waals surface area (Å²) in [4.78, 5) is 9.44. The quantitative estimate of drug-likeness (QED) is 0.391. The summed E-state index contributed by atoms with van der Waals surface area (Å²) < 4.78 is 0. The van der Waals surface area contributed by atoms with Crippen LogP contribution in [0, 0.1) is 10.1 Å². The molecule has 0 amide bonds. The van der Waals surface area contributed by atoms with Gasteiger partial charge in [0.05, 0.1) is 4.92 Å². The summed E-state index contributed by atoms with van der Waals surface area (Å²) in [7, 11) is 0. The van der Waals surface area contributed by atoms with Crippen LogP contribution in [0.4, 0.5) is 5.69 Å². The summed E-state index contributed by atoms with van der Waals surface area (Å²) in [5.41, 5.74) is -0.262. The number of benzene rings is 1. The molecule has 0 aromatic heterocycles. The summed E-state index contributed by atoms with van der Waals surface area (Å²) in [6.45, 7) is 0. The molecule has 0 saturated heterocycles. The molecule has 0 unspecified atom stereocenters. The van der Waals surface area contributed by atoms with Crippen molar-refractivity contribution in [3.05, 3.63) is 34.4 Å². The van der Waals surface area contributed by atoms with Gasteiger partial charge in [0.25, 0.3) is 0 Å². The number of para-hydroxylation sites is 2. The van der Waals surface area contributed by atoms with Crippen molar-refractivity contribution in [2.75, 3.05) is 0 Å². The van der Waals surface area contributed by atoms with E-state index in [1.165, 1.54) is 24.3 Å². The summed E-state index contributed by atoms with van der Waals surface area (Å²) in [5, 5.41) is 18.9. The van der Waals surface area contributed by atoms with Gasteiger partial charge in [-0.2, -0.15) is 0 Å². The van der Waals surface area contributed by atoms with Gasteiger partial charge in [0.2, 0.25) is 0 Å². The van der Waals surface area contributed by atoms with Gasteiger partial charge in [-0.15, -0.1) is 0 Å². The summed E-state index contributed by atoms with van der Waals surface area (Å²) in [5.74, 6) is -0.299. The summed E-state index contributed by atoms with van der Waals surface area (Å²) >= 11 is 0. The molecule has 1 aromatic carbocycles. The molecule has 0 aliphatic heterocycles. The number of phenolic OH excluding ortho intramolecular Hbond substituents is 1. The van der Waals surface area contributed by atoms with E-state index in [0.717, 1.165) is 0 Å². The first kappa shape index (κ1) is 11.1.